The summed E-state index contributed by atoms with van der Waals surface area (Å²) in [5.41, 5.74) is 0. The largest absolute Gasteiger partial charge is 0.395 e. The number of esters is 2. The topological polar surface area (TPSA) is 78.4 Å². The molecule has 18 heavy (non-hydrogen) atoms. The van der Waals surface area contributed by atoms with Crippen molar-refractivity contribution in [3.8, 4) is 10.4 Å². The van der Waals surface area contributed by atoms with E-state index in [-0.39, 0.29) is 10.4 Å². The number of ether oxygens (including phenoxy) is 2. The minimum atomic E-state index is -0.693. The number of hydrogen-bond acceptors (Lipinski definition) is 8. The second-order valence-corrected chi connectivity index (χ2v) is 4.49. The molecule has 92 valence electrons. The summed E-state index contributed by atoms with van der Waals surface area (Å²) in [6, 6.07) is 0. The zero-order chi connectivity index (χ0) is 12.8. The van der Waals surface area contributed by atoms with Gasteiger partial charge in [-0.15, -0.1) is 0 Å². The molecule has 0 spiro atoms. The first-order valence-electron chi connectivity index (χ1n) is 4.65. The fraction of sp³-hybridized carbons (Fsp3) is 0. The van der Waals surface area contributed by atoms with Gasteiger partial charge in [-0.25, -0.2) is 19.6 Å². The molecule has 0 amide bonds. The first-order valence-corrected chi connectivity index (χ1v) is 6.40. The maximum Gasteiger partial charge on any atom is 0.338 e. The van der Waals surface area contributed by atoms with Crippen LogP contribution in [0.25, 0.3) is 0 Å². The fourth-order valence-electron chi connectivity index (χ4n) is 0.898. The predicted molar refractivity (Wildman–Crippen MR) is 64.6 cm³/mol. The highest BCUT2D eigenvalue weighted by atomic mass is 32.1. The van der Waals surface area contributed by atoms with Crippen LogP contribution in [0, 0.1) is 0 Å². The predicted octanol–water partition coefficient (Wildman–Crippen LogP) is 1.67. The van der Waals surface area contributed by atoms with Gasteiger partial charge in [-0.1, -0.05) is 22.7 Å². The Morgan fingerprint density at radius 1 is 0.944 bits per heavy atom. The van der Waals surface area contributed by atoms with Gasteiger partial charge in [0, 0.05) is 35.3 Å². The lowest BCUT2D eigenvalue weighted by Gasteiger charge is -1.95. The molecule has 2 rings (SSSR count). The Hall–Kier alpha value is -2.06. The molecule has 8 heteroatoms. The van der Waals surface area contributed by atoms with Crippen molar-refractivity contribution in [3.63, 3.8) is 0 Å². The van der Waals surface area contributed by atoms with E-state index in [9.17, 15) is 9.59 Å². The summed E-state index contributed by atoms with van der Waals surface area (Å²) < 4.78 is 9.60. The SMILES string of the molecule is O=C(/C=C/C(=O)Oc1nccs1)Oc1nccs1. The van der Waals surface area contributed by atoms with Gasteiger partial charge >= 0.3 is 11.9 Å². The molecule has 2 aromatic rings. The van der Waals surface area contributed by atoms with E-state index in [1.165, 1.54) is 35.1 Å². The van der Waals surface area contributed by atoms with Crippen molar-refractivity contribution in [1.29, 1.82) is 0 Å². The van der Waals surface area contributed by atoms with Crippen molar-refractivity contribution in [3.05, 3.63) is 35.3 Å². The highest BCUT2D eigenvalue weighted by Gasteiger charge is 2.06. The molecule has 2 heterocycles. The average Bonchev–Trinajstić information content (AvgIpc) is 2.99. The van der Waals surface area contributed by atoms with E-state index in [0.717, 1.165) is 12.2 Å². The Morgan fingerprint density at radius 2 is 1.39 bits per heavy atom. The van der Waals surface area contributed by atoms with Crippen LogP contribution in [0.5, 0.6) is 10.4 Å². The van der Waals surface area contributed by atoms with Crippen LogP contribution in [0.15, 0.2) is 35.3 Å². The first kappa shape index (κ1) is 12.4. The number of rotatable bonds is 4. The van der Waals surface area contributed by atoms with Crippen molar-refractivity contribution in [2.45, 2.75) is 0 Å². The van der Waals surface area contributed by atoms with Gasteiger partial charge in [-0.2, -0.15) is 0 Å². The standard InChI is InChI=1S/C10H6N2O4S2/c13-7(15-9-11-3-5-17-9)1-2-8(14)16-10-12-4-6-18-10/h1-6H/b2-1+. The number of nitrogens with zero attached hydrogens (tertiary/aromatic N) is 2. The number of carbonyl (C=O) groups is 2. The second kappa shape index (κ2) is 6.03. The number of aromatic nitrogens is 2. The van der Waals surface area contributed by atoms with E-state index >= 15 is 0 Å². The summed E-state index contributed by atoms with van der Waals surface area (Å²) in [6.45, 7) is 0. The normalized spacial score (nSPS) is 10.4. The highest BCUT2D eigenvalue weighted by molar-refractivity contribution is 7.11. The van der Waals surface area contributed by atoms with Gasteiger partial charge in [0.15, 0.2) is 0 Å². The minimum absolute atomic E-state index is 0.220. The van der Waals surface area contributed by atoms with Crippen LogP contribution in [-0.2, 0) is 9.59 Å². The van der Waals surface area contributed by atoms with E-state index in [4.69, 9.17) is 9.47 Å². The third-order valence-electron chi connectivity index (χ3n) is 1.55. The van der Waals surface area contributed by atoms with Crippen molar-refractivity contribution < 1.29 is 19.1 Å². The number of thiazole rings is 2. The fourth-order valence-corrected chi connectivity index (χ4v) is 1.88. The van der Waals surface area contributed by atoms with Gasteiger partial charge in [0.1, 0.15) is 0 Å². The lowest BCUT2D eigenvalue weighted by Crippen LogP contribution is -2.08. The molecule has 0 unspecified atom stereocenters. The highest BCUT2D eigenvalue weighted by Crippen LogP contribution is 2.14. The zero-order valence-corrected chi connectivity index (χ0v) is 10.4. The molecule has 0 atom stereocenters. The Morgan fingerprint density at radius 3 is 1.72 bits per heavy atom. The summed E-state index contributed by atoms with van der Waals surface area (Å²) in [7, 11) is 0. The van der Waals surface area contributed by atoms with Gasteiger partial charge in [-0.05, 0) is 0 Å². The number of hydrogen-bond donors (Lipinski definition) is 0. The molecule has 0 aliphatic heterocycles. The molecule has 0 fully saturated rings. The average molecular weight is 282 g/mol. The maximum absolute atomic E-state index is 11.3. The van der Waals surface area contributed by atoms with Crippen LogP contribution in [0.2, 0.25) is 0 Å². The molecule has 0 bridgehead atoms. The third-order valence-corrected chi connectivity index (χ3v) is 2.85. The Balaban J connectivity index is 1.83. The molecule has 0 saturated heterocycles. The van der Waals surface area contributed by atoms with Gasteiger partial charge in [0.25, 0.3) is 10.4 Å². The quantitative estimate of drug-likeness (QED) is 0.627. The van der Waals surface area contributed by atoms with Crippen LogP contribution in [0.3, 0.4) is 0 Å². The molecule has 0 N–H and O–H groups in total. The molecule has 2 aromatic heterocycles. The van der Waals surface area contributed by atoms with Crippen LogP contribution >= 0.6 is 22.7 Å². The van der Waals surface area contributed by atoms with E-state index in [0.29, 0.717) is 0 Å². The lowest BCUT2D eigenvalue weighted by atomic mass is 10.5. The molecule has 0 radical (unpaired) electrons. The molecule has 0 aliphatic rings. The maximum atomic E-state index is 11.3. The van der Waals surface area contributed by atoms with E-state index in [1.54, 1.807) is 10.8 Å². The van der Waals surface area contributed by atoms with Gasteiger partial charge < -0.3 is 9.47 Å². The molecule has 0 saturated carbocycles. The van der Waals surface area contributed by atoms with Crippen LogP contribution < -0.4 is 9.47 Å². The molecular formula is C10H6N2O4S2. The summed E-state index contributed by atoms with van der Waals surface area (Å²) >= 11 is 2.35. The molecular weight excluding hydrogens is 276 g/mol. The monoisotopic (exact) mass is 282 g/mol. The van der Waals surface area contributed by atoms with Gasteiger partial charge in [-0.3, -0.25) is 0 Å². The molecule has 0 aromatic carbocycles. The smallest absolute Gasteiger partial charge is 0.338 e. The van der Waals surface area contributed by atoms with Gasteiger partial charge in [0.2, 0.25) is 0 Å². The zero-order valence-electron chi connectivity index (χ0n) is 8.81. The summed E-state index contributed by atoms with van der Waals surface area (Å²) in [6.07, 6.45) is 4.95. The number of carbonyl (C=O) groups excluding carboxylic acids is 2. The Bertz CT molecular complexity index is 498. The third kappa shape index (κ3) is 3.75. The van der Waals surface area contributed by atoms with Crippen molar-refractivity contribution in [2.24, 2.45) is 0 Å². The van der Waals surface area contributed by atoms with Crippen LogP contribution in [0.4, 0.5) is 0 Å². The molecule has 6 nitrogen and oxygen atoms in total. The molecule has 0 aliphatic carbocycles. The van der Waals surface area contributed by atoms with E-state index < -0.39 is 11.9 Å². The van der Waals surface area contributed by atoms with E-state index in [2.05, 4.69) is 9.97 Å². The van der Waals surface area contributed by atoms with E-state index in [1.807, 2.05) is 0 Å². The lowest BCUT2D eigenvalue weighted by molar-refractivity contribution is -0.131. The Kier molecular flexibility index (Phi) is 4.15. The van der Waals surface area contributed by atoms with Crippen molar-refractivity contribution in [1.82, 2.24) is 9.97 Å². The van der Waals surface area contributed by atoms with Crippen LogP contribution in [-0.4, -0.2) is 21.9 Å². The summed E-state index contributed by atoms with van der Waals surface area (Å²) in [4.78, 5) is 30.0. The minimum Gasteiger partial charge on any atom is -0.395 e. The second-order valence-electron chi connectivity index (χ2n) is 2.77. The van der Waals surface area contributed by atoms with Crippen molar-refractivity contribution >= 4 is 34.6 Å². The van der Waals surface area contributed by atoms with Crippen LogP contribution in [0.1, 0.15) is 0 Å². The first-order chi connectivity index (χ1) is 8.74. The Labute approximate surface area is 110 Å². The summed E-state index contributed by atoms with van der Waals surface area (Å²) in [5.74, 6) is -1.39. The van der Waals surface area contributed by atoms with Gasteiger partial charge in [0.05, 0.1) is 0 Å². The summed E-state index contributed by atoms with van der Waals surface area (Å²) in [5, 5.41) is 3.78. The van der Waals surface area contributed by atoms with Crippen molar-refractivity contribution in [2.75, 3.05) is 0 Å².